The van der Waals surface area contributed by atoms with Crippen molar-refractivity contribution in [3.05, 3.63) is 83.9 Å². The van der Waals surface area contributed by atoms with Gasteiger partial charge in [0.15, 0.2) is 0 Å². The van der Waals surface area contributed by atoms with Gasteiger partial charge in [-0.15, -0.1) is 0 Å². The molecule has 0 radical (unpaired) electrons. The number of halogens is 3. The molecule has 4 nitrogen and oxygen atoms in total. The fourth-order valence-corrected chi connectivity index (χ4v) is 3.69. The Morgan fingerprint density at radius 2 is 0.861 bits per heavy atom. The van der Waals surface area contributed by atoms with Crippen LogP contribution in [0, 0.1) is 0 Å². The zero-order chi connectivity index (χ0) is 22.8. The van der Waals surface area contributed by atoms with Crippen molar-refractivity contribution in [2.45, 2.75) is 39.5 Å². The van der Waals surface area contributed by atoms with E-state index in [1.165, 1.54) is 0 Å². The molecule has 2 aromatic heterocycles. The number of benzene rings is 2. The van der Waals surface area contributed by atoms with Crippen LogP contribution >= 0.6 is 0 Å². The van der Waals surface area contributed by atoms with Crippen molar-refractivity contribution >= 4 is 0 Å². The monoisotopic (exact) mass is 584 g/mol. The standard InChI is InChI=1S/C28H28N2O2.3ClH.Mn/c1-17(2)19-11-13-27(31)21(15-19)23-7-5-9-25(29-23)26-10-6-8-24(30-26)22-16-20(18(3)4)12-14-28(22)32;;;;/h5-18,31-32H,1-4H3;3*1H;/q;;;;+3/p-3. The molecular formula is C28H28Cl3MnN2O2. The van der Waals surface area contributed by atoms with Crippen LogP contribution < -0.4 is 37.2 Å². The zero-order valence-corrected chi connectivity index (χ0v) is 23.8. The molecule has 2 aromatic carbocycles. The van der Waals surface area contributed by atoms with E-state index < -0.39 is 0 Å². The summed E-state index contributed by atoms with van der Waals surface area (Å²) in [6.45, 7) is 8.50. The average Bonchev–Trinajstić information content (AvgIpc) is 2.79. The Morgan fingerprint density at radius 1 is 0.528 bits per heavy atom. The molecule has 8 heteroatoms. The molecule has 190 valence electrons. The minimum absolute atomic E-state index is 0. The third-order valence-electron chi connectivity index (χ3n) is 5.69. The van der Waals surface area contributed by atoms with E-state index in [1.54, 1.807) is 12.1 Å². The first-order chi connectivity index (χ1) is 15.3. The predicted molar refractivity (Wildman–Crippen MR) is 130 cm³/mol. The fourth-order valence-electron chi connectivity index (χ4n) is 3.69. The van der Waals surface area contributed by atoms with Crippen LogP contribution in [0.4, 0.5) is 0 Å². The van der Waals surface area contributed by atoms with E-state index in [0.29, 0.717) is 45.7 Å². The van der Waals surface area contributed by atoms with Gasteiger partial charge in [0.25, 0.3) is 0 Å². The van der Waals surface area contributed by atoms with Crippen molar-refractivity contribution in [3.8, 4) is 45.4 Å². The van der Waals surface area contributed by atoms with Crippen LogP contribution in [0.3, 0.4) is 0 Å². The molecule has 4 aromatic rings. The van der Waals surface area contributed by atoms with Gasteiger partial charge in [0.05, 0.1) is 22.8 Å². The maximum atomic E-state index is 10.4. The second-order valence-corrected chi connectivity index (χ2v) is 8.68. The summed E-state index contributed by atoms with van der Waals surface area (Å²) >= 11 is 0. The van der Waals surface area contributed by atoms with E-state index in [-0.39, 0.29) is 65.8 Å². The van der Waals surface area contributed by atoms with Gasteiger partial charge in [-0.2, -0.15) is 0 Å². The molecule has 0 fully saturated rings. The van der Waals surface area contributed by atoms with Crippen LogP contribution in [0.5, 0.6) is 11.5 Å². The van der Waals surface area contributed by atoms with E-state index in [0.717, 1.165) is 11.1 Å². The van der Waals surface area contributed by atoms with Gasteiger partial charge in [-0.25, -0.2) is 9.97 Å². The molecule has 0 spiro atoms. The molecular weight excluding hydrogens is 558 g/mol. The van der Waals surface area contributed by atoms with E-state index >= 15 is 0 Å². The molecule has 0 unspecified atom stereocenters. The molecule has 0 aliphatic heterocycles. The molecule has 0 aliphatic carbocycles. The van der Waals surface area contributed by atoms with Crippen molar-refractivity contribution in [1.29, 1.82) is 0 Å². The molecule has 36 heavy (non-hydrogen) atoms. The van der Waals surface area contributed by atoms with Crippen LogP contribution in [0.25, 0.3) is 33.9 Å². The number of rotatable bonds is 5. The van der Waals surface area contributed by atoms with Crippen LogP contribution in [-0.2, 0) is 17.1 Å². The van der Waals surface area contributed by atoms with Crippen LogP contribution in [0.1, 0.15) is 50.7 Å². The molecule has 2 heterocycles. The summed E-state index contributed by atoms with van der Waals surface area (Å²) < 4.78 is 0. The van der Waals surface area contributed by atoms with E-state index in [4.69, 9.17) is 9.97 Å². The first-order valence-corrected chi connectivity index (χ1v) is 10.9. The number of aromatic nitrogens is 2. The maximum absolute atomic E-state index is 10.4. The SMILES string of the molecule is CC(C)c1ccc(O)c(-c2cccc(-c3cccc(-c4cc(C(C)C)ccc4O)n3)n2)c1.[Cl-].[Cl-].[Cl-].[Mn+3]. The van der Waals surface area contributed by atoms with Crippen LogP contribution in [-0.4, -0.2) is 20.2 Å². The average molecular weight is 586 g/mol. The third kappa shape index (κ3) is 7.38. The molecule has 0 saturated heterocycles. The smallest absolute Gasteiger partial charge is 1.00 e. The Balaban J connectivity index is 0.00000306. The van der Waals surface area contributed by atoms with Crippen molar-refractivity contribution in [3.63, 3.8) is 0 Å². The first-order valence-electron chi connectivity index (χ1n) is 10.9. The molecule has 0 saturated carbocycles. The zero-order valence-electron chi connectivity index (χ0n) is 20.4. The van der Waals surface area contributed by atoms with E-state index in [9.17, 15) is 10.2 Å². The van der Waals surface area contributed by atoms with Gasteiger partial charge in [-0.05, 0) is 71.5 Å². The molecule has 0 bridgehead atoms. The Morgan fingerprint density at radius 3 is 1.19 bits per heavy atom. The largest absolute Gasteiger partial charge is 3.00 e. The van der Waals surface area contributed by atoms with Gasteiger partial charge in [0, 0.05) is 11.1 Å². The minimum Gasteiger partial charge on any atom is -1.00 e. The molecule has 0 aliphatic rings. The summed E-state index contributed by atoms with van der Waals surface area (Å²) in [5, 5.41) is 20.9. The van der Waals surface area contributed by atoms with Gasteiger partial charge in [-0.3, -0.25) is 0 Å². The molecule has 2 N–H and O–H groups in total. The molecule has 4 rings (SSSR count). The van der Waals surface area contributed by atoms with Crippen LogP contribution in [0.2, 0.25) is 0 Å². The van der Waals surface area contributed by atoms with Crippen molar-refractivity contribution < 1.29 is 64.5 Å². The second kappa shape index (κ2) is 14.5. The van der Waals surface area contributed by atoms with Gasteiger partial charge >= 0.3 is 17.1 Å². The second-order valence-electron chi connectivity index (χ2n) is 8.68. The Bertz CT molecular complexity index is 1180. The summed E-state index contributed by atoms with van der Waals surface area (Å²) in [4.78, 5) is 9.59. The van der Waals surface area contributed by atoms with Crippen molar-refractivity contribution in [2.75, 3.05) is 0 Å². The number of aromatic hydroxyl groups is 2. The van der Waals surface area contributed by atoms with Gasteiger partial charge in [0.1, 0.15) is 11.5 Å². The minimum atomic E-state index is 0. The summed E-state index contributed by atoms with van der Waals surface area (Å²) in [6.07, 6.45) is 0. The molecule has 0 amide bonds. The van der Waals surface area contributed by atoms with Gasteiger partial charge in [-0.1, -0.05) is 52.0 Å². The number of hydrogen-bond donors (Lipinski definition) is 2. The Kier molecular flexibility index (Phi) is 13.6. The third-order valence-corrected chi connectivity index (χ3v) is 5.69. The van der Waals surface area contributed by atoms with Crippen molar-refractivity contribution in [2.24, 2.45) is 0 Å². The van der Waals surface area contributed by atoms with Gasteiger partial charge < -0.3 is 47.4 Å². The number of nitrogens with zero attached hydrogens (tertiary/aromatic N) is 2. The topological polar surface area (TPSA) is 66.2 Å². The summed E-state index contributed by atoms with van der Waals surface area (Å²) in [5.74, 6) is 1.11. The number of hydrogen-bond acceptors (Lipinski definition) is 4. The predicted octanol–water partition coefficient (Wildman–Crippen LogP) is -1.85. The normalized spacial score (nSPS) is 10.1. The summed E-state index contributed by atoms with van der Waals surface area (Å²) in [5.41, 5.74) is 6.50. The fraction of sp³-hybridized carbons (Fsp3) is 0.214. The number of phenolic OH excluding ortho intramolecular Hbond substituents is 2. The quantitative estimate of drug-likeness (QED) is 0.270. The molecule has 0 atom stereocenters. The first kappa shape index (κ1) is 33.7. The van der Waals surface area contributed by atoms with Crippen molar-refractivity contribution in [1.82, 2.24) is 9.97 Å². The Hall–Kier alpha value is -2.27. The van der Waals surface area contributed by atoms with E-state index in [2.05, 4.69) is 27.7 Å². The Labute approximate surface area is 242 Å². The van der Waals surface area contributed by atoms with Crippen LogP contribution in [0.15, 0.2) is 72.8 Å². The van der Waals surface area contributed by atoms with E-state index in [1.807, 2.05) is 60.7 Å². The number of pyridine rings is 2. The maximum Gasteiger partial charge on any atom is 3.00 e. The number of phenols is 2. The summed E-state index contributed by atoms with van der Waals surface area (Å²) in [7, 11) is 0. The summed E-state index contributed by atoms with van der Waals surface area (Å²) in [6, 6.07) is 22.8. The van der Waals surface area contributed by atoms with Gasteiger partial charge in [0.2, 0.25) is 0 Å².